The Kier molecular flexibility index (Phi) is 34.5. The SMILES string of the molecule is CC/C=C/C/C=C/C/C=C/C/C=C/CCCCC(=O)OC[C@H](CO[C@H]1O[C@H](CS(=O)(=O)O)[C@@H](O)C(O)C1O)OC(=O)CCCCCCCCCCCCCCCCCCC. The molecule has 0 bridgehead atoms. The van der Waals surface area contributed by atoms with Crippen molar-refractivity contribution in [3.05, 3.63) is 48.6 Å². The van der Waals surface area contributed by atoms with Crippen molar-refractivity contribution in [1.82, 2.24) is 0 Å². The number of carbonyl (C=O) groups is 2. The van der Waals surface area contributed by atoms with Crippen molar-refractivity contribution in [2.24, 2.45) is 0 Å². The fourth-order valence-electron chi connectivity index (χ4n) is 6.84. The molecule has 1 rings (SSSR count). The third-order valence-corrected chi connectivity index (χ3v) is 11.2. The van der Waals surface area contributed by atoms with Crippen LogP contribution in [0.1, 0.15) is 181 Å². The average Bonchev–Trinajstić information content (AvgIpc) is 3.21. The van der Waals surface area contributed by atoms with Gasteiger partial charge in [0.15, 0.2) is 12.4 Å². The zero-order valence-electron chi connectivity index (χ0n) is 37.1. The van der Waals surface area contributed by atoms with E-state index in [1.165, 1.54) is 83.5 Å². The van der Waals surface area contributed by atoms with Crippen LogP contribution >= 0.6 is 0 Å². The molecular weight excluding hydrogens is 789 g/mol. The van der Waals surface area contributed by atoms with Crippen molar-refractivity contribution in [3.8, 4) is 0 Å². The van der Waals surface area contributed by atoms with E-state index < -0.39 is 71.2 Å². The molecular formula is C47H82O12S. The van der Waals surface area contributed by atoms with E-state index in [1.807, 2.05) is 0 Å². The first-order chi connectivity index (χ1) is 29.0. The molecule has 0 aromatic rings. The fraction of sp³-hybridized carbons (Fsp3) is 0.787. The van der Waals surface area contributed by atoms with E-state index in [9.17, 15) is 37.9 Å². The van der Waals surface area contributed by atoms with Crippen LogP contribution in [0.4, 0.5) is 0 Å². The van der Waals surface area contributed by atoms with Crippen molar-refractivity contribution in [2.75, 3.05) is 19.0 Å². The molecule has 1 saturated heterocycles. The maximum atomic E-state index is 12.8. The third kappa shape index (κ3) is 31.5. The molecule has 13 heteroatoms. The number of aliphatic hydroxyl groups is 3. The maximum absolute atomic E-state index is 12.8. The molecule has 12 nitrogen and oxygen atoms in total. The number of unbranched alkanes of at least 4 members (excludes halogenated alkanes) is 18. The monoisotopic (exact) mass is 871 g/mol. The van der Waals surface area contributed by atoms with Gasteiger partial charge < -0.3 is 34.3 Å². The standard InChI is InChI=1S/C47H82O12S/c1-3-5-7-9-11-13-15-17-19-20-22-24-26-28-30-32-34-36-43(49)58-40(38-57-47-46(52)45(51)44(50)41(59-47)39-60(53,54)55)37-56-42(48)35-33-31-29-27-25-23-21-18-16-14-12-10-8-6-4-2/h6,8,12,14,18,21,25,27,40-41,44-47,50-52H,3-5,7,9-11,13,15-17,19-20,22-24,26,28-39H2,1-2H3,(H,53,54,55)/b8-6+,14-12+,21-18+,27-25+/t40-,41-,44-,45?,46?,47+/m1/s1. The second kappa shape index (κ2) is 37.2. The van der Waals surface area contributed by atoms with Crippen molar-refractivity contribution in [2.45, 2.75) is 218 Å². The molecule has 1 aliphatic heterocycles. The van der Waals surface area contributed by atoms with E-state index in [1.54, 1.807) is 0 Å². The van der Waals surface area contributed by atoms with E-state index in [0.717, 1.165) is 57.8 Å². The highest BCUT2D eigenvalue weighted by atomic mass is 32.2. The molecule has 0 saturated carbocycles. The van der Waals surface area contributed by atoms with Gasteiger partial charge in [-0.25, -0.2) is 0 Å². The zero-order valence-corrected chi connectivity index (χ0v) is 37.9. The molecule has 0 spiro atoms. The van der Waals surface area contributed by atoms with Gasteiger partial charge in [0.25, 0.3) is 10.1 Å². The van der Waals surface area contributed by atoms with Gasteiger partial charge in [-0.3, -0.25) is 14.1 Å². The van der Waals surface area contributed by atoms with Crippen LogP contribution in [0.2, 0.25) is 0 Å². The molecule has 1 aliphatic rings. The van der Waals surface area contributed by atoms with Gasteiger partial charge in [0.05, 0.1) is 6.61 Å². The predicted molar refractivity (Wildman–Crippen MR) is 238 cm³/mol. The Morgan fingerprint density at radius 3 is 1.57 bits per heavy atom. The molecule has 0 radical (unpaired) electrons. The lowest BCUT2D eigenvalue weighted by Gasteiger charge is -2.40. The summed E-state index contributed by atoms with van der Waals surface area (Å²) in [6, 6.07) is 0. The van der Waals surface area contributed by atoms with Crippen LogP contribution in [-0.2, 0) is 38.7 Å². The average molecular weight is 871 g/mol. The minimum Gasteiger partial charge on any atom is -0.462 e. The Labute approximate surface area is 363 Å². The van der Waals surface area contributed by atoms with Crippen molar-refractivity contribution in [1.29, 1.82) is 0 Å². The van der Waals surface area contributed by atoms with Gasteiger partial charge >= 0.3 is 11.9 Å². The van der Waals surface area contributed by atoms with Crippen molar-refractivity contribution >= 4 is 22.1 Å². The minimum atomic E-state index is -4.61. The number of aliphatic hydroxyl groups excluding tert-OH is 3. The minimum absolute atomic E-state index is 0.157. The maximum Gasteiger partial charge on any atom is 0.306 e. The normalized spacial score (nSPS) is 20.5. The van der Waals surface area contributed by atoms with Crippen molar-refractivity contribution < 1.29 is 56.8 Å². The van der Waals surface area contributed by atoms with Crippen LogP contribution in [0.3, 0.4) is 0 Å². The van der Waals surface area contributed by atoms with Gasteiger partial charge in [0, 0.05) is 12.8 Å². The van der Waals surface area contributed by atoms with E-state index >= 15 is 0 Å². The summed E-state index contributed by atoms with van der Waals surface area (Å²) in [6.07, 6.45) is 34.4. The number of carbonyl (C=O) groups excluding carboxylic acids is 2. The lowest BCUT2D eigenvalue weighted by atomic mass is 10.00. The summed E-state index contributed by atoms with van der Waals surface area (Å²) < 4.78 is 54.0. The summed E-state index contributed by atoms with van der Waals surface area (Å²) in [6.45, 7) is 3.62. The molecule has 0 aliphatic carbocycles. The Bertz CT molecular complexity index is 1300. The zero-order chi connectivity index (χ0) is 44.1. The van der Waals surface area contributed by atoms with Gasteiger partial charge in [-0.1, -0.05) is 165 Å². The molecule has 0 aromatic heterocycles. The summed E-state index contributed by atoms with van der Waals surface area (Å²) in [5.41, 5.74) is 0. The molecule has 2 unspecified atom stereocenters. The van der Waals surface area contributed by atoms with Crippen LogP contribution in [0.25, 0.3) is 0 Å². The summed E-state index contributed by atoms with van der Waals surface area (Å²) in [7, 11) is -4.61. The van der Waals surface area contributed by atoms with E-state index in [2.05, 4.69) is 62.5 Å². The van der Waals surface area contributed by atoms with Crippen LogP contribution in [0, 0.1) is 0 Å². The summed E-state index contributed by atoms with van der Waals surface area (Å²) in [5, 5.41) is 30.9. The number of esters is 2. The number of hydrogen-bond donors (Lipinski definition) is 4. The second-order valence-electron chi connectivity index (χ2n) is 16.0. The van der Waals surface area contributed by atoms with Gasteiger partial charge in [-0.2, -0.15) is 8.42 Å². The molecule has 348 valence electrons. The van der Waals surface area contributed by atoms with Crippen molar-refractivity contribution in [3.63, 3.8) is 0 Å². The largest absolute Gasteiger partial charge is 0.462 e. The van der Waals surface area contributed by atoms with Gasteiger partial charge in [0.1, 0.15) is 36.8 Å². The summed E-state index contributed by atoms with van der Waals surface area (Å²) in [4.78, 5) is 25.4. The third-order valence-electron chi connectivity index (χ3n) is 10.4. The van der Waals surface area contributed by atoms with E-state index in [0.29, 0.717) is 12.8 Å². The first-order valence-electron chi connectivity index (χ1n) is 23.2. The molecule has 1 fully saturated rings. The van der Waals surface area contributed by atoms with Gasteiger partial charge in [0.2, 0.25) is 0 Å². The van der Waals surface area contributed by atoms with Crippen LogP contribution in [0.15, 0.2) is 48.6 Å². The molecule has 0 amide bonds. The number of ether oxygens (including phenoxy) is 4. The van der Waals surface area contributed by atoms with Gasteiger partial charge in [-0.15, -0.1) is 0 Å². The topological polar surface area (TPSA) is 186 Å². The van der Waals surface area contributed by atoms with Crippen LogP contribution < -0.4 is 0 Å². The lowest BCUT2D eigenvalue weighted by molar-refractivity contribution is -0.297. The van der Waals surface area contributed by atoms with E-state index in [4.69, 9.17) is 18.9 Å². The highest BCUT2D eigenvalue weighted by Gasteiger charge is 2.46. The number of allylic oxidation sites excluding steroid dienone is 8. The quantitative estimate of drug-likeness (QED) is 0.0200. The molecule has 1 heterocycles. The smallest absolute Gasteiger partial charge is 0.306 e. The predicted octanol–water partition coefficient (Wildman–Crippen LogP) is 9.56. The Morgan fingerprint density at radius 2 is 1.05 bits per heavy atom. The fourth-order valence-corrected chi connectivity index (χ4v) is 7.53. The van der Waals surface area contributed by atoms with Crippen LogP contribution in [0.5, 0.6) is 0 Å². The van der Waals surface area contributed by atoms with Crippen LogP contribution in [-0.4, -0.2) is 96.0 Å². The second-order valence-corrected chi connectivity index (χ2v) is 17.5. The molecule has 0 aromatic carbocycles. The molecule has 60 heavy (non-hydrogen) atoms. The lowest BCUT2D eigenvalue weighted by Crippen LogP contribution is -2.60. The Balaban J connectivity index is 2.45. The molecule has 6 atom stereocenters. The number of hydrogen-bond acceptors (Lipinski definition) is 11. The summed E-state index contributed by atoms with van der Waals surface area (Å²) in [5.74, 6) is -2.03. The Hall–Kier alpha value is -2.39. The highest BCUT2D eigenvalue weighted by molar-refractivity contribution is 7.85. The van der Waals surface area contributed by atoms with Gasteiger partial charge in [-0.05, 0) is 51.4 Å². The Morgan fingerprint density at radius 1 is 0.583 bits per heavy atom. The first kappa shape index (κ1) is 55.6. The highest BCUT2D eigenvalue weighted by Crippen LogP contribution is 2.24. The summed E-state index contributed by atoms with van der Waals surface area (Å²) >= 11 is 0. The van der Waals surface area contributed by atoms with E-state index in [-0.39, 0.29) is 19.4 Å². The molecule has 4 N–H and O–H groups in total. The first-order valence-corrected chi connectivity index (χ1v) is 24.8. The number of rotatable bonds is 38.